The monoisotopic (exact) mass is 306 g/mol. The summed E-state index contributed by atoms with van der Waals surface area (Å²) >= 11 is 5.93. The summed E-state index contributed by atoms with van der Waals surface area (Å²) in [7, 11) is 0. The average molecular weight is 307 g/mol. The van der Waals surface area contributed by atoms with Crippen LogP contribution in [0.3, 0.4) is 0 Å². The number of carbonyl (C=O) groups excluding carboxylic acids is 1. The standard InChI is InChI=1S/C15H15ClN2O3/c16-11-4-3-9-6-13(17-12(9)7-11)14(19)18-5-1-2-10(8-18)15(20)21/h3-4,6-7,10,17H,1-2,5,8H2,(H,20,21). The van der Waals surface area contributed by atoms with E-state index in [2.05, 4.69) is 4.98 Å². The van der Waals surface area contributed by atoms with E-state index in [-0.39, 0.29) is 12.5 Å². The Labute approximate surface area is 126 Å². The molecule has 2 heterocycles. The second kappa shape index (κ2) is 5.41. The Kier molecular flexibility index (Phi) is 3.59. The molecule has 110 valence electrons. The number of hydrogen-bond acceptors (Lipinski definition) is 2. The lowest BCUT2D eigenvalue weighted by Crippen LogP contribution is -2.42. The van der Waals surface area contributed by atoms with E-state index >= 15 is 0 Å². The highest BCUT2D eigenvalue weighted by Crippen LogP contribution is 2.23. The summed E-state index contributed by atoms with van der Waals surface area (Å²) in [6.07, 6.45) is 1.34. The highest BCUT2D eigenvalue weighted by atomic mass is 35.5. The summed E-state index contributed by atoms with van der Waals surface area (Å²) in [5.41, 5.74) is 1.27. The van der Waals surface area contributed by atoms with Gasteiger partial charge in [-0.3, -0.25) is 9.59 Å². The van der Waals surface area contributed by atoms with Crippen molar-refractivity contribution in [2.24, 2.45) is 5.92 Å². The minimum absolute atomic E-state index is 0.159. The van der Waals surface area contributed by atoms with Gasteiger partial charge in [0.15, 0.2) is 0 Å². The quantitative estimate of drug-likeness (QED) is 0.896. The number of aliphatic carboxylic acids is 1. The Morgan fingerprint density at radius 3 is 2.90 bits per heavy atom. The minimum atomic E-state index is -0.837. The molecule has 0 bridgehead atoms. The van der Waals surface area contributed by atoms with Gasteiger partial charge in [0, 0.05) is 29.0 Å². The van der Waals surface area contributed by atoms with Gasteiger partial charge in [-0.15, -0.1) is 0 Å². The third-order valence-corrected chi connectivity index (χ3v) is 4.11. The van der Waals surface area contributed by atoms with Crippen molar-refractivity contribution in [3.8, 4) is 0 Å². The maximum absolute atomic E-state index is 12.5. The van der Waals surface area contributed by atoms with Gasteiger partial charge in [0.2, 0.25) is 0 Å². The number of carboxylic acid groups (broad SMARTS) is 1. The molecule has 2 aromatic rings. The Morgan fingerprint density at radius 2 is 2.14 bits per heavy atom. The van der Waals surface area contributed by atoms with Gasteiger partial charge in [0.05, 0.1) is 5.92 Å². The van der Waals surface area contributed by atoms with Gasteiger partial charge in [-0.1, -0.05) is 17.7 Å². The Hall–Kier alpha value is -2.01. The Morgan fingerprint density at radius 1 is 1.33 bits per heavy atom. The van der Waals surface area contributed by atoms with Crippen LogP contribution in [0.2, 0.25) is 5.02 Å². The highest BCUT2D eigenvalue weighted by molar-refractivity contribution is 6.31. The first-order chi connectivity index (χ1) is 10.0. The number of H-pyrrole nitrogens is 1. The fourth-order valence-corrected chi connectivity index (χ4v) is 2.92. The van der Waals surface area contributed by atoms with Gasteiger partial charge >= 0.3 is 5.97 Å². The number of rotatable bonds is 2. The molecular weight excluding hydrogens is 292 g/mol. The number of nitrogens with one attached hydrogen (secondary N) is 1. The summed E-state index contributed by atoms with van der Waals surface area (Å²) in [6, 6.07) is 7.16. The lowest BCUT2D eigenvalue weighted by molar-refractivity contribution is -0.143. The number of piperidine rings is 1. The molecule has 1 aromatic carbocycles. The number of carboxylic acids is 1. The molecule has 1 amide bonds. The van der Waals surface area contributed by atoms with Crippen molar-refractivity contribution >= 4 is 34.4 Å². The van der Waals surface area contributed by atoms with Crippen molar-refractivity contribution in [1.82, 2.24) is 9.88 Å². The molecule has 0 aliphatic carbocycles. The third-order valence-electron chi connectivity index (χ3n) is 3.87. The van der Waals surface area contributed by atoms with Crippen molar-refractivity contribution in [2.45, 2.75) is 12.8 Å². The predicted octanol–water partition coefficient (Wildman–Crippen LogP) is 2.76. The number of nitrogens with zero attached hydrogens (tertiary/aromatic N) is 1. The molecule has 1 fully saturated rings. The molecule has 0 saturated carbocycles. The first kappa shape index (κ1) is 13.9. The van der Waals surface area contributed by atoms with E-state index in [0.29, 0.717) is 23.7 Å². The number of aromatic amines is 1. The Balaban J connectivity index is 1.84. The van der Waals surface area contributed by atoms with Gasteiger partial charge < -0.3 is 15.0 Å². The van der Waals surface area contributed by atoms with Crippen LogP contribution in [0.4, 0.5) is 0 Å². The van der Waals surface area contributed by atoms with Crippen molar-refractivity contribution in [3.05, 3.63) is 35.0 Å². The fourth-order valence-electron chi connectivity index (χ4n) is 2.75. The van der Waals surface area contributed by atoms with Crippen molar-refractivity contribution in [1.29, 1.82) is 0 Å². The zero-order valence-corrected chi connectivity index (χ0v) is 12.1. The van der Waals surface area contributed by atoms with Crippen molar-refractivity contribution in [2.75, 3.05) is 13.1 Å². The smallest absolute Gasteiger partial charge is 0.308 e. The zero-order valence-electron chi connectivity index (χ0n) is 11.3. The normalized spacial score (nSPS) is 18.9. The van der Waals surface area contributed by atoms with Crippen LogP contribution in [0, 0.1) is 5.92 Å². The molecular formula is C15H15ClN2O3. The van der Waals surface area contributed by atoms with Crippen LogP contribution in [0.15, 0.2) is 24.3 Å². The van der Waals surface area contributed by atoms with Crippen LogP contribution in [-0.2, 0) is 4.79 Å². The molecule has 2 N–H and O–H groups in total. The topological polar surface area (TPSA) is 73.4 Å². The molecule has 3 rings (SSSR count). The number of likely N-dealkylation sites (tertiary alicyclic amines) is 1. The molecule has 21 heavy (non-hydrogen) atoms. The number of amides is 1. The molecule has 1 aliphatic rings. The lowest BCUT2D eigenvalue weighted by atomic mass is 9.98. The summed E-state index contributed by atoms with van der Waals surface area (Å²) in [5.74, 6) is -1.47. The van der Waals surface area contributed by atoms with Gasteiger partial charge in [-0.05, 0) is 31.0 Å². The molecule has 0 spiro atoms. The van der Waals surface area contributed by atoms with E-state index in [0.717, 1.165) is 17.3 Å². The number of hydrogen-bond donors (Lipinski definition) is 2. The molecule has 1 atom stereocenters. The summed E-state index contributed by atoms with van der Waals surface area (Å²) < 4.78 is 0. The summed E-state index contributed by atoms with van der Waals surface area (Å²) in [6.45, 7) is 0.864. The van der Waals surface area contributed by atoms with Crippen LogP contribution in [0.25, 0.3) is 10.9 Å². The molecule has 6 heteroatoms. The van der Waals surface area contributed by atoms with Gasteiger partial charge in [0.25, 0.3) is 5.91 Å². The molecule has 0 radical (unpaired) electrons. The number of benzene rings is 1. The van der Waals surface area contributed by atoms with Crippen molar-refractivity contribution in [3.63, 3.8) is 0 Å². The average Bonchev–Trinajstić information content (AvgIpc) is 2.89. The summed E-state index contributed by atoms with van der Waals surface area (Å²) in [5, 5.41) is 10.6. The number of aromatic nitrogens is 1. The molecule has 5 nitrogen and oxygen atoms in total. The Bertz CT molecular complexity index is 710. The predicted molar refractivity (Wildman–Crippen MR) is 79.6 cm³/mol. The fraction of sp³-hybridized carbons (Fsp3) is 0.333. The van der Waals surface area contributed by atoms with E-state index < -0.39 is 11.9 Å². The van der Waals surface area contributed by atoms with Crippen LogP contribution in [0.5, 0.6) is 0 Å². The van der Waals surface area contributed by atoms with Crippen LogP contribution in [0.1, 0.15) is 23.3 Å². The second-order valence-electron chi connectivity index (χ2n) is 5.34. The van der Waals surface area contributed by atoms with E-state index in [1.54, 1.807) is 23.1 Å². The first-order valence-electron chi connectivity index (χ1n) is 6.85. The van der Waals surface area contributed by atoms with E-state index in [4.69, 9.17) is 16.7 Å². The maximum atomic E-state index is 12.5. The zero-order chi connectivity index (χ0) is 15.0. The SMILES string of the molecule is O=C(O)C1CCCN(C(=O)c2cc3ccc(Cl)cc3[nH]2)C1. The second-order valence-corrected chi connectivity index (χ2v) is 5.78. The van der Waals surface area contributed by atoms with E-state index in [1.807, 2.05) is 6.07 Å². The first-order valence-corrected chi connectivity index (χ1v) is 7.23. The van der Waals surface area contributed by atoms with Gasteiger partial charge in [-0.25, -0.2) is 0 Å². The maximum Gasteiger partial charge on any atom is 0.308 e. The van der Waals surface area contributed by atoms with Crippen LogP contribution >= 0.6 is 11.6 Å². The molecule has 1 unspecified atom stereocenters. The van der Waals surface area contributed by atoms with Crippen LogP contribution in [-0.4, -0.2) is 40.0 Å². The molecule has 1 aliphatic heterocycles. The molecule has 1 aromatic heterocycles. The van der Waals surface area contributed by atoms with Crippen molar-refractivity contribution < 1.29 is 14.7 Å². The van der Waals surface area contributed by atoms with Crippen LogP contribution < -0.4 is 0 Å². The lowest BCUT2D eigenvalue weighted by Gasteiger charge is -2.30. The molecule has 1 saturated heterocycles. The van der Waals surface area contributed by atoms with Gasteiger partial charge in [0.1, 0.15) is 5.69 Å². The number of fused-ring (bicyclic) bond motifs is 1. The highest BCUT2D eigenvalue weighted by Gasteiger charge is 2.29. The van der Waals surface area contributed by atoms with E-state index in [1.165, 1.54) is 0 Å². The number of halogens is 1. The third kappa shape index (κ3) is 2.74. The minimum Gasteiger partial charge on any atom is -0.481 e. The van der Waals surface area contributed by atoms with E-state index in [9.17, 15) is 9.59 Å². The number of carbonyl (C=O) groups is 2. The largest absolute Gasteiger partial charge is 0.481 e. The summed E-state index contributed by atoms with van der Waals surface area (Å²) in [4.78, 5) is 28.2. The van der Waals surface area contributed by atoms with Gasteiger partial charge in [-0.2, -0.15) is 0 Å².